The predicted molar refractivity (Wildman–Crippen MR) is 121 cm³/mol. The molecule has 1 saturated heterocycles. The fraction of sp³-hybridized carbons (Fsp3) is 0.348. The van der Waals surface area contributed by atoms with Gasteiger partial charge in [0.2, 0.25) is 5.91 Å². The number of fused-ring (bicyclic) bond motifs is 1. The minimum absolute atomic E-state index is 0.0758. The van der Waals surface area contributed by atoms with Crippen LogP contribution in [0.4, 0.5) is 16.2 Å². The summed E-state index contributed by atoms with van der Waals surface area (Å²) in [6, 6.07) is 14.3. The number of carbonyl (C=O) groups excluding carboxylic acids is 2. The van der Waals surface area contributed by atoms with Crippen molar-refractivity contribution in [3.8, 4) is 0 Å². The molecule has 4 rings (SSSR count). The molecule has 2 aromatic carbocycles. The Hall–Kier alpha value is -3.55. The molecule has 0 aliphatic carbocycles. The Balaban J connectivity index is 1.38. The molecule has 1 fully saturated rings. The lowest BCUT2D eigenvalue weighted by atomic mass is 10.2. The molecule has 0 spiro atoms. The molecule has 0 radical (unpaired) electrons. The second-order valence-corrected chi connectivity index (χ2v) is 7.87. The van der Waals surface area contributed by atoms with Crippen LogP contribution in [0, 0.1) is 0 Å². The number of aryl methyl sites for hydroxylation is 1. The van der Waals surface area contributed by atoms with Crippen LogP contribution in [-0.2, 0) is 18.4 Å². The molecule has 0 unspecified atom stereocenters. The standard InChI is InChI=1S/C23H27N5O3/c1-26-19-8-4-5-9-20(19)28(23(26)31)16-21(29)24-17-10-12-18(13-11-17)25-22(30)27-14-6-2-3-7-15-27/h4-5,8-13H,2-3,6-7,14-16H2,1H3,(H,24,29)(H,25,30). The van der Waals surface area contributed by atoms with Gasteiger partial charge in [-0.1, -0.05) is 25.0 Å². The van der Waals surface area contributed by atoms with E-state index in [1.807, 2.05) is 29.2 Å². The number of nitrogens with zero attached hydrogens (tertiary/aromatic N) is 3. The summed E-state index contributed by atoms with van der Waals surface area (Å²) in [5, 5.41) is 5.73. The van der Waals surface area contributed by atoms with Gasteiger partial charge in [0.05, 0.1) is 11.0 Å². The van der Waals surface area contributed by atoms with Gasteiger partial charge < -0.3 is 15.5 Å². The lowest BCUT2D eigenvalue weighted by Crippen LogP contribution is -2.35. The monoisotopic (exact) mass is 421 g/mol. The molecule has 8 heteroatoms. The Bertz CT molecular complexity index is 1140. The first kappa shape index (κ1) is 20.7. The molecule has 31 heavy (non-hydrogen) atoms. The molecule has 1 aliphatic rings. The number of likely N-dealkylation sites (tertiary alicyclic amines) is 1. The van der Waals surface area contributed by atoms with Crippen molar-refractivity contribution in [3.63, 3.8) is 0 Å². The normalized spacial score (nSPS) is 14.3. The number of amides is 3. The maximum atomic E-state index is 12.5. The molecule has 3 amide bonds. The van der Waals surface area contributed by atoms with E-state index in [-0.39, 0.29) is 24.2 Å². The number of rotatable bonds is 4. The van der Waals surface area contributed by atoms with Crippen molar-refractivity contribution in [1.82, 2.24) is 14.0 Å². The topological polar surface area (TPSA) is 88.4 Å². The van der Waals surface area contributed by atoms with E-state index in [1.165, 1.54) is 22.0 Å². The molecule has 2 heterocycles. The van der Waals surface area contributed by atoms with Gasteiger partial charge in [0.1, 0.15) is 6.54 Å². The van der Waals surface area contributed by atoms with E-state index in [4.69, 9.17) is 0 Å². The van der Waals surface area contributed by atoms with Crippen LogP contribution in [0.1, 0.15) is 25.7 Å². The van der Waals surface area contributed by atoms with Crippen LogP contribution in [-0.4, -0.2) is 39.1 Å². The smallest absolute Gasteiger partial charge is 0.325 e. The molecule has 0 saturated carbocycles. The highest BCUT2D eigenvalue weighted by Gasteiger charge is 2.16. The molecular formula is C23H27N5O3. The van der Waals surface area contributed by atoms with Crippen molar-refractivity contribution in [1.29, 1.82) is 0 Å². The van der Waals surface area contributed by atoms with Gasteiger partial charge in [-0.15, -0.1) is 0 Å². The Morgan fingerprint density at radius 1 is 0.839 bits per heavy atom. The van der Waals surface area contributed by atoms with E-state index in [9.17, 15) is 14.4 Å². The molecule has 0 bridgehead atoms. The van der Waals surface area contributed by atoms with Gasteiger partial charge in [-0.2, -0.15) is 0 Å². The molecular weight excluding hydrogens is 394 g/mol. The van der Waals surface area contributed by atoms with Crippen LogP contribution in [0.15, 0.2) is 53.3 Å². The summed E-state index contributed by atoms with van der Waals surface area (Å²) in [5.74, 6) is -0.292. The number of anilines is 2. The number of imidazole rings is 1. The van der Waals surface area contributed by atoms with Gasteiger partial charge in [0.25, 0.3) is 0 Å². The zero-order valence-corrected chi connectivity index (χ0v) is 17.6. The number of urea groups is 1. The summed E-state index contributed by atoms with van der Waals surface area (Å²) in [4.78, 5) is 39.3. The number of nitrogens with one attached hydrogen (secondary N) is 2. The highest BCUT2D eigenvalue weighted by molar-refractivity contribution is 5.93. The van der Waals surface area contributed by atoms with Crippen molar-refractivity contribution in [2.45, 2.75) is 32.2 Å². The zero-order valence-electron chi connectivity index (χ0n) is 17.6. The number of benzene rings is 2. The van der Waals surface area contributed by atoms with Crippen molar-refractivity contribution >= 4 is 34.3 Å². The lowest BCUT2D eigenvalue weighted by molar-refractivity contribution is -0.116. The Morgan fingerprint density at radius 2 is 1.42 bits per heavy atom. The van der Waals surface area contributed by atoms with Crippen LogP contribution < -0.4 is 16.3 Å². The van der Waals surface area contributed by atoms with Crippen LogP contribution in [0.3, 0.4) is 0 Å². The minimum atomic E-state index is -0.292. The second-order valence-electron chi connectivity index (χ2n) is 7.87. The average Bonchev–Trinajstić information content (AvgIpc) is 2.97. The van der Waals surface area contributed by atoms with E-state index in [0.29, 0.717) is 11.4 Å². The first-order chi connectivity index (χ1) is 15.0. The molecule has 162 valence electrons. The molecule has 8 nitrogen and oxygen atoms in total. The van der Waals surface area contributed by atoms with Crippen LogP contribution in [0.5, 0.6) is 0 Å². The summed E-state index contributed by atoms with van der Waals surface area (Å²) >= 11 is 0. The van der Waals surface area contributed by atoms with Crippen LogP contribution in [0.25, 0.3) is 11.0 Å². The SMILES string of the molecule is Cn1c(=O)n(CC(=O)Nc2ccc(NC(=O)N3CCCCCC3)cc2)c2ccccc21. The lowest BCUT2D eigenvalue weighted by Gasteiger charge is -2.20. The van der Waals surface area contributed by atoms with E-state index in [0.717, 1.165) is 37.0 Å². The van der Waals surface area contributed by atoms with Gasteiger partial charge in [-0.25, -0.2) is 9.59 Å². The summed E-state index contributed by atoms with van der Waals surface area (Å²) in [7, 11) is 1.69. The fourth-order valence-electron chi connectivity index (χ4n) is 3.97. The number of aromatic nitrogens is 2. The summed E-state index contributed by atoms with van der Waals surface area (Å²) in [6.07, 6.45) is 4.42. The van der Waals surface area contributed by atoms with Crippen molar-refractivity contribution in [3.05, 3.63) is 59.0 Å². The number of hydrogen-bond acceptors (Lipinski definition) is 3. The largest absolute Gasteiger partial charge is 0.329 e. The Kier molecular flexibility index (Phi) is 6.06. The van der Waals surface area contributed by atoms with Crippen LogP contribution >= 0.6 is 0 Å². The van der Waals surface area contributed by atoms with Crippen molar-refractivity contribution in [2.75, 3.05) is 23.7 Å². The van der Waals surface area contributed by atoms with Gasteiger partial charge in [0, 0.05) is 31.5 Å². The minimum Gasteiger partial charge on any atom is -0.325 e. The molecule has 0 atom stereocenters. The highest BCUT2D eigenvalue weighted by Crippen LogP contribution is 2.17. The van der Waals surface area contributed by atoms with Gasteiger partial charge in [-0.05, 0) is 49.2 Å². The Morgan fingerprint density at radius 3 is 2.06 bits per heavy atom. The molecule has 1 aromatic heterocycles. The van der Waals surface area contributed by atoms with Crippen LogP contribution in [0.2, 0.25) is 0 Å². The maximum Gasteiger partial charge on any atom is 0.329 e. The summed E-state index contributed by atoms with van der Waals surface area (Å²) in [6.45, 7) is 1.49. The van der Waals surface area contributed by atoms with Gasteiger partial charge >= 0.3 is 11.7 Å². The number of hydrogen-bond donors (Lipinski definition) is 2. The quantitative estimate of drug-likeness (QED) is 0.677. The van der Waals surface area contributed by atoms with Crippen molar-refractivity contribution in [2.24, 2.45) is 7.05 Å². The first-order valence-corrected chi connectivity index (χ1v) is 10.6. The molecule has 3 aromatic rings. The third kappa shape index (κ3) is 4.63. The summed E-state index contributed by atoms with van der Waals surface area (Å²) in [5.41, 5.74) is 2.55. The van der Waals surface area contributed by atoms with E-state index >= 15 is 0 Å². The predicted octanol–water partition coefficient (Wildman–Crippen LogP) is 3.39. The highest BCUT2D eigenvalue weighted by atomic mass is 16.2. The van der Waals surface area contributed by atoms with E-state index < -0.39 is 0 Å². The van der Waals surface area contributed by atoms with Crippen molar-refractivity contribution < 1.29 is 9.59 Å². The third-order valence-electron chi connectivity index (χ3n) is 5.67. The van der Waals surface area contributed by atoms with E-state index in [2.05, 4.69) is 10.6 Å². The maximum absolute atomic E-state index is 12.5. The molecule has 2 N–H and O–H groups in total. The number of carbonyl (C=O) groups is 2. The second kappa shape index (κ2) is 9.07. The summed E-state index contributed by atoms with van der Waals surface area (Å²) < 4.78 is 2.99. The molecule has 1 aliphatic heterocycles. The number of para-hydroxylation sites is 2. The fourth-order valence-corrected chi connectivity index (χ4v) is 3.97. The van der Waals surface area contributed by atoms with Gasteiger partial charge in [-0.3, -0.25) is 13.9 Å². The first-order valence-electron chi connectivity index (χ1n) is 10.6. The average molecular weight is 422 g/mol. The Labute approximate surface area is 180 Å². The van der Waals surface area contributed by atoms with Gasteiger partial charge in [0.15, 0.2) is 0 Å². The third-order valence-corrected chi connectivity index (χ3v) is 5.67. The van der Waals surface area contributed by atoms with E-state index in [1.54, 1.807) is 31.3 Å². The zero-order chi connectivity index (χ0) is 21.8.